The number of aromatic nitrogens is 2. The first-order valence-electron chi connectivity index (χ1n) is 5.44. The average molecular weight is 254 g/mol. The van der Waals surface area contributed by atoms with Gasteiger partial charge in [0, 0.05) is 19.6 Å². The van der Waals surface area contributed by atoms with Crippen LogP contribution in [0.3, 0.4) is 0 Å². The Kier molecular flexibility index (Phi) is 4.53. The maximum Gasteiger partial charge on any atom is 0.228 e. The molecular weight excluding hydrogens is 238 g/mol. The van der Waals surface area contributed by atoms with Crippen molar-refractivity contribution in [2.24, 2.45) is 0 Å². The van der Waals surface area contributed by atoms with Gasteiger partial charge in [0.05, 0.1) is 0 Å². The Morgan fingerprint density at radius 1 is 1.47 bits per heavy atom. The summed E-state index contributed by atoms with van der Waals surface area (Å²) in [6.45, 7) is 6.70. The van der Waals surface area contributed by atoms with E-state index in [4.69, 9.17) is 16.9 Å². The van der Waals surface area contributed by atoms with Crippen molar-refractivity contribution in [1.29, 1.82) is 5.26 Å². The number of rotatable bonds is 4. The van der Waals surface area contributed by atoms with E-state index in [1.807, 2.05) is 38.8 Å². The maximum absolute atomic E-state index is 9.03. The van der Waals surface area contributed by atoms with Gasteiger partial charge in [-0.15, -0.1) is 0 Å². The summed E-state index contributed by atoms with van der Waals surface area (Å²) in [6.07, 6.45) is 0. The van der Waals surface area contributed by atoms with E-state index < -0.39 is 0 Å². The molecule has 0 radical (unpaired) electrons. The summed E-state index contributed by atoms with van der Waals surface area (Å²) in [5.74, 6) is 0.998. The molecule has 0 spiro atoms. The maximum atomic E-state index is 9.03. The lowest BCUT2D eigenvalue weighted by Gasteiger charge is -2.17. The van der Waals surface area contributed by atoms with Crippen molar-refractivity contribution in [1.82, 2.24) is 9.97 Å². The van der Waals surface area contributed by atoms with Gasteiger partial charge in [-0.25, -0.2) is 0 Å². The number of halogens is 1. The van der Waals surface area contributed by atoms with Crippen LogP contribution >= 0.6 is 11.6 Å². The lowest BCUT2D eigenvalue weighted by atomic mass is 10.3. The second-order valence-electron chi connectivity index (χ2n) is 3.96. The molecule has 1 heterocycles. The smallest absolute Gasteiger partial charge is 0.228 e. The molecule has 0 amide bonds. The van der Waals surface area contributed by atoms with Gasteiger partial charge in [0.25, 0.3) is 0 Å². The van der Waals surface area contributed by atoms with Gasteiger partial charge >= 0.3 is 0 Å². The fourth-order valence-corrected chi connectivity index (χ4v) is 1.42. The molecule has 0 saturated heterocycles. The molecule has 0 aliphatic heterocycles. The highest BCUT2D eigenvalue weighted by Gasteiger charge is 2.15. The van der Waals surface area contributed by atoms with E-state index in [0.29, 0.717) is 11.8 Å². The molecule has 0 aromatic carbocycles. The lowest BCUT2D eigenvalue weighted by molar-refractivity contribution is 0.865. The Labute approximate surface area is 106 Å². The standard InChI is InChI=1S/C11H16ClN5/c1-5-17(4)11-15-9(12)8(6-13)10(16-11)14-7(2)3/h7H,5H2,1-4H3,(H,14,15,16). The van der Waals surface area contributed by atoms with Crippen LogP contribution in [0.25, 0.3) is 0 Å². The first-order chi connectivity index (χ1) is 7.99. The van der Waals surface area contributed by atoms with Crippen LogP contribution in [0.2, 0.25) is 5.15 Å². The molecule has 5 nitrogen and oxygen atoms in total. The van der Waals surface area contributed by atoms with E-state index in [9.17, 15) is 0 Å². The zero-order chi connectivity index (χ0) is 13.0. The summed E-state index contributed by atoms with van der Waals surface area (Å²) in [5.41, 5.74) is 0.286. The summed E-state index contributed by atoms with van der Waals surface area (Å²) in [5, 5.41) is 12.3. The molecule has 1 N–H and O–H groups in total. The molecular formula is C11H16ClN5. The van der Waals surface area contributed by atoms with E-state index in [1.54, 1.807) is 0 Å². The van der Waals surface area contributed by atoms with E-state index in [2.05, 4.69) is 15.3 Å². The van der Waals surface area contributed by atoms with Crippen molar-refractivity contribution in [2.45, 2.75) is 26.8 Å². The molecule has 17 heavy (non-hydrogen) atoms. The highest BCUT2D eigenvalue weighted by Crippen LogP contribution is 2.23. The molecule has 0 bridgehead atoms. The molecule has 0 atom stereocenters. The normalized spacial score (nSPS) is 10.2. The molecule has 1 aromatic heterocycles. The third kappa shape index (κ3) is 3.21. The number of nitriles is 1. The van der Waals surface area contributed by atoms with Gasteiger partial charge in [0.15, 0.2) is 11.0 Å². The van der Waals surface area contributed by atoms with Crippen LogP contribution < -0.4 is 10.2 Å². The highest BCUT2D eigenvalue weighted by atomic mass is 35.5. The van der Waals surface area contributed by atoms with Gasteiger partial charge in [-0.05, 0) is 20.8 Å². The monoisotopic (exact) mass is 253 g/mol. The van der Waals surface area contributed by atoms with Crippen LogP contribution in [-0.4, -0.2) is 29.6 Å². The molecule has 0 unspecified atom stereocenters. The van der Waals surface area contributed by atoms with Crippen molar-refractivity contribution >= 4 is 23.4 Å². The van der Waals surface area contributed by atoms with Gasteiger partial charge in [-0.1, -0.05) is 11.6 Å². The van der Waals surface area contributed by atoms with Crippen LogP contribution in [-0.2, 0) is 0 Å². The minimum Gasteiger partial charge on any atom is -0.367 e. The van der Waals surface area contributed by atoms with E-state index in [1.165, 1.54) is 0 Å². The summed E-state index contributed by atoms with van der Waals surface area (Å²) in [4.78, 5) is 10.3. The Balaban J connectivity index is 3.24. The Bertz CT molecular complexity index is 438. The van der Waals surface area contributed by atoms with Crippen LogP contribution in [0.1, 0.15) is 26.3 Å². The lowest BCUT2D eigenvalue weighted by Crippen LogP contribution is -2.21. The molecule has 1 rings (SSSR count). The van der Waals surface area contributed by atoms with Crippen LogP contribution in [0.15, 0.2) is 0 Å². The van der Waals surface area contributed by atoms with Gasteiger partial charge in [-0.2, -0.15) is 15.2 Å². The number of nitrogens with zero attached hydrogens (tertiary/aromatic N) is 4. The quantitative estimate of drug-likeness (QED) is 0.834. The van der Waals surface area contributed by atoms with Crippen molar-refractivity contribution in [2.75, 3.05) is 23.8 Å². The second-order valence-corrected chi connectivity index (χ2v) is 4.32. The highest BCUT2D eigenvalue weighted by molar-refractivity contribution is 6.31. The predicted octanol–water partition coefficient (Wildman–Crippen LogP) is 2.28. The molecule has 0 saturated carbocycles. The summed E-state index contributed by atoms with van der Waals surface area (Å²) in [7, 11) is 1.87. The van der Waals surface area contributed by atoms with Crippen molar-refractivity contribution in [3.63, 3.8) is 0 Å². The first-order valence-corrected chi connectivity index (χ1v) is 5.82. The minimum atomic E-state index is 0.174. The van der Waals surface area contributed by atoms with Gasteiger partial charge in [0.2, 0.25) is 5.95 Å². The van der Waals surface area contributed by atoms with Crippen LogP contribution in [0.4, 0.5) is 11.8 Å². The number of nitrogens with one attached hydrogen (secondary N) is 1. The van der Waals surface area contributed by atoms with E-state index in [0.717, 1.165) is 6.54 Å². The number of anilines is 2. The molecule has 92 valence electrons. The van der Waals surface area contributed by atoms with Crippen LogP contribution in [0, 0.1) is 11.3 Å². The zero-order valence-electron chi connectivity index (χ0n) is 10.5. The van der Waals surface area contributed by atoms with Gasteiger partial charge < -0.3 is 10.2 Å². The zero-order valence-corrected chi connectivity index (χ0v) is 11.2. The number of hydrogen-bond donors (Lipinski definition) is 1. The Morgan fingerprint density at radius 2 is 2.12 bits per heavy atom. The van der Waals surface area contributed by atoms with Crippen molar-refractivity contribution < 1.29 is 0 Å². The minimum absolute atomic E-state index is 0.174. The summed E-state index contributed by atoms with van der Waals surface area (Å²) >= 11 is 5.98. The molecule has 0 aliphatic carbocycles. The third-order valence-electron chi connectivity index (χ3n) is 2.21. The van der Waals surface area contributed by atoms with Crippen molar-refractivity contribution in [3.05, 3.63) is 10.7 Å². The fraction of sp³-hybridized carbons (Fsp3) is 0.545. The predicted molar refractivity (Wildman–Crippen MR) is 69.5 cm³/mol. The second kappa shape index (κ2) is 5.69. The van der Waals surface area contributed by atoms with E-state index >= 15 is 0 Å². The molecule has 6 heteroatoms. The topological polar surface area (TPSA) is 64.8 Å². The summed E-state index contributed by atoms with van der Waals surface area (Å²) in [6, 6.07) is 2.19. The average Bonchev–Trinajstić information content (AvgIpc) is 2.26. The largest absolute Gasteiger partial charge is 0.367 e. The Morgan fingerprint density at radius 3 is 2.59 bits per heavy atom. The molecule has 0 fully saturated rings. The molecule has 1 aromatic rings. The first kappa shape index (κ1) is 13.5. The third-order valence-corrected chi connectivity index (χ3v) is 2.48. The number of hydrogen-bond acceptors (Lipinski definition) is 5. The van der Waals surface area contributed by atoms with Gasteiger partial charge in [0.1, 0.15) is 11.6 Å². The van der Waals surface area contributed by atoms with E-state index in [-0.39, 0.29) is 16.8 Å². The SMILES string of the molecule is CCN(C)c1nc(Cl)c(C#N)c(NC(C)C)n1. The van der Waals surface area contributed by atoms with Crippen molar-refractivity contribution in [3.8, 4) is 6.07 Å². The Hall–Kier alpha value is -1.54. The summed E-state index contributed by atoms with van der Waals surface area (Å²) < 4.78 is 0. The van der Waals surface area contributed by atoms with Crippen LogP contribution in [0.5, 0.6) is 0 Å². The molecule has 0 aliphatic rings. The van der Waals surface area contributed by atoms with Gasteiger partial charge in [-0.3, -0.25) is 0 Å². The fourth-order valence-electron chi connectivity index (χ4n) is 1.21.